The largest absolute Gasteiger partial charge is 0.366 e. The summed E-state index contributed by atoms with van der Waals surface area (Å²) in [5, 5.41) is 0. The molecule has 0 spiro atoms. The number of carbonyl (C=O) groups excluding carboxylic acids is 3. The molecule has 2 N–H and O–H groups in total. The van der Waals surface area contributed by atoms with Gasteiger partial charge in [0.1, 0.15) is 0 Å². The van der Waals surface area contributed by atoms with E-state index in [9.17, 15) is 14.4 Å². The number of primary amides is 1. The zero-order chi connectivity index (χ0) is 20.5. The normalized spacial score (nSPS) is 18.7. The summed E-state index contributed by atoms with van der Waals surface area (Å²) in [5.41, 5.74) is 9.80. The van der Waals surface area contributed by atoms with Crippen molar-refractivity contribution in [1.82, 2.24) is 4.90 Å². The van der Waals surface area contributed by atoms with Crippen LogP contribution in [0.3, 0.4) is 0 Å². The summed E-state index contributed by atoms with van der Waals surface area (Å²) in [6, 6.07) is 13.4. The molecule has 2 aliphatic heterocycles. The summed E-state index contributed by atoms with van der Waals surface area (Å²) in [6.07, 6.45) is 1.73. The lowest BCUT2D eigenvalue weighted by Gasteiger charge is -2.32. The van der Waals surface area contributed by atoms with E-state index in [0.717, 1.165) is 29.7 Å². The zero-order valence-corrected chi connectivity index (χ0v) is 16.6. The van der Waals surface area contributed by atoms with Gasteiger partial charge in [-0.2, -0.15) is 0 Å². The van der Waals surface area contributed by atoms with Crippen molar-refractivity contribution < 1.29 is 14.4 Å². The van der Waals surface area contributed by atoms with Gasteiger partial charge < -0.3 is 15.5 Å². The SMILES string of the molecule is Cc1ccc(CN2CC(C(=O)N3CCCc4c(C(N)=O)cccc43)CC2=O)cc1. The molecule has 1 unspecified atom stereocenters. The smallest absolute Gasteiger partial charge is 0.249 e. The van der Waals surface area contributed by atoms with Gasteiger partial charge >= 0.3 is 0 Å². The number of hydrogen-bond donors (Lipinski definition) is 1. The monoisotopic (exact) mass is 391 g/mol. The van der Waals surface area contributed by atoms with E-state index in [-0.39, 0.29) is 24.2 Å². The van der Waals surface area contributed by atoms with Crippen molar-refractivity contribution in [3.05, 3.63) is 64.7 Å². The standard InChI is InChI=1S/C23H25N3O3/c1-15-7-9-16(10-8-15)13-25-14-17(12-21(25)27)23(29)26-11-3-5-18-19(22(24)28)4-2-6-20(18)26/h2,4,6-10,17H,3,5,11-14H2,1H3,(H2,24,28). The van der Waals surface area contributed by atoms with Gasteiger partial charge in [0, 0.05) is 37.3 Å². The number of hydrogen-bond acceptors (Lipinski definition) is 3. The molecule has 0 aliphatic carbocycles. The summed E-state index contributed by atoms with van der Waals surface area (Å²) in [6.45, 7) is 3.56. The van der Waals surface area contributed by atoms with E-state index in [1.807, 2.05) is 37.3 Å². The number of amides is 3. The molecule has 3 amide bonds. The number of likely N-dealkylation sites (tertiary alicyclic amines) is 1. The Morgan fingerprint density at radius 2 is 1.90 bits per heavy atom. The lowest BCUT2D eigenvalue weighted by Crippen LogP contribution is -2.41. The molecule has 150 valence electrons. The predicted octanol–water partition coefficient (Wildman–Crippen LogP) is 2.42. The van der Waals surface area contributed by atoms with Crippen molar-refractivity contribution >= 4 is 23.4 Å². The summed E-state index contributed by atoms with van der Waals surface area (Å²) >= 11 is 0. The highest BCUT2D eigenvalue weighted by Crippen LogP contribution is 2.32. The molecule has 0 aromatic heterocycles. The van der Waals surface area contributed by atoms with Gasteiger partial charge in [-0.3, -0.25) is 14.4 Å². The fourth-order valence-electron chi connectivity index (χ4n) is 4.31. The number of aryl methyl sites for hydroxylation is 1. The summed E-state index contributed by atoms with van der Waals surface area (Å²) < 4.78 is 0. The van der Waals surface area contributed by atoms with Crippen molar-refractivity contribution in [2.24, 2.45) is 11.7 Å². The van der Waals surface area contributed by atoms with Gasteiger partial charge in [-0.25, -0.2) is 0 Å². The van der Waals surface area contributed by atoms with Gasteiger partial charge in [0.15, 0.2) is 0 Å². The number of rotatable bonds is 4. The second-order valence-corrected chi connectivity index (χ2v) is 7.92. The summed E-state index contributed by atoms with van der Waals surface area (Å²) in [5.74, 6) is -0.882. The minimum atomic E-state index is -0.475. The van der Waals surface area contributed by atoms with E-state index in [1.54, 1.807) is 21.9 Å². The van der Waals surface area contributed by atoms with Crippen LogP contribution in [0.2, 0.25) is 0 Å². The first-order chi connectivity index (χ1) is 13.9. The molecule has 2 aromatic rings. The number of fused-ring (bicyclic) bond motifs is 1. The summed E-state index contributed by atoms with van der Waals surface area (Å²) in [4.78, 5) is 41.0. The lowest BCUT2D eigenvalue weighted by atomic mass is 9.94. The molecule has 1 atom stereocenters. The Labute approximate surface area is 170 Å². The van der Waals surface area contributed by atoms with Crippen LogP contribution in [0.15, 0.2) is 42.5 Å². The van der Waals surface area contributed by atoms with Crippen LogP contribution >= 0.6 is 0 Å². The Bertz CT molecular complexity index is 968. The van der Waals surface area contributed by atoms with Crippen LogP contribution in [0.4, 0.5) is 5.69 Å². The number of carbonyl (C=O) groups is 3. The minimum absolute atomic E-state index is 0.00652. The first kappa shape index (κ1) is 19.2. The third kappa shape index (κ3) is 3.75. The number of nitrogens with zero attached hydrogens (tertiary/aromatic N) is 2. The van der Waals surface area contributed by atoms with Crippen LogP contribution < -0.4 is 10.6 Å². The second kappa shape index (κ2) is 7.70. The van der Waals surface area contributed by atoms with E-state index in [1.165, 1.54) is 5.56 Å². The van der Waals surface area contributed by atoms with E-state index >= 15 is 0 Å². The molecule has 0 radical (unpaired) electrons. The molecule has 0 bridgehead atoms. The van der Waals surface area contributed by atoms with Crippen molar-refractivity contribution in [2.45, 2.75) is 32.7 Å². The van der Waals surface area contributed by atoms with Gasteiger partial charge in [-0.15, -0.1) is 0 Å². The molecular weight excluding hydrogens is 366 g/mol. The Kier molecular flexibility index (Phi) is 5.09. The molecule has 2 heterocycles. The zero-order valence-electron chi connectivity index (χ0n) is 16.6. The molecule has 2 aromatic carbocycles. The van der Waals surface area contributed by atoms with Crippen LogP contribution in [0.25, 0.3) is 0 Å². The Hall–Kier alpha value is -3.15. The lowest BCUT2D eigenvalue weighted by molar-refractivity contribution is -0.128. The second-order valence-electron chi connectivity index (χ2n) is 7.92. The topological polar surface area (TPSA) is 83.7 Å². The highest BCUT2D eigenvalue weighted by molar-refractivity contribution is 6.02. The quantitative estimate of drug-likeness (QED) is 0.869. The van der Waals surface area contributed by atoms with Crippen LogP contribution in [0.5, 0.6) is 0 Å². The van der Waals surface area contributed by atoms with E-state index < -0.39 is 5.91 Å². The predicted molar refractivity (Wildman–Crippen MR) is 110 cm³/mol. The highest BCUT2D eigenvalue weighted by Gasteiger charge is 2.38. The third-order valence-corrected chi connectivity index (χ3v) is 5.84. The van der Waals surface area contributed by atoms with E-state index in [4.69, 9.17) is 5.73 Å². The van der Waals surface area contributed by atoms with Gasteiger partial charge in [-0.1, -0.05) is 35.9 Å². The average Bonchev–Trinajstić information content (AvgIpc) is 3.08. The molecule has 6 nitrogen and oxygen atoms in total. The fourth-order valence-corrected chi connectivity index (χ4v) is 4.31. The Balaban J connectivity index is 1.51. The van der Waals surface area contributed by atoms with E-state index in [2.05, 4.69) is 0 Å². The molecule has 29 heavy (non-hydrogen) atoms. The van der Waals surface area contributed by atoms with E-state index in [0.29, 0.717) is 25.2 Å². The summed E-state index contributed by atoms with van der Waals surface area (Å²) in [7, 11) is 0. The van der Waals surface area contributed by atoms with Crippen molar-refractivity contribution in [1.29, 1.82) is 0 Å². The number of nitrogens with two attached hydrogens (primary N) is 1. The molecular formula is C23H25N3O3. The maximum absolute atomic E-state index is 13.3. The van der Waals surface area contributed by atoms with Crippen LogP contribution in [0.1, 0.15) is 39.9 Å². The molecule has 1 saturated heterocycles. The first-order valence-electron chi connectivity index (χ1n) is 10.0. The maximum Gasteiger partial charge on any atom is 0.249 e. The highest BCUT2D eigenvalue weighted by atomic mass is 16.2. The van der Waals surface area contributed by atoms with Gasteiger partial charge in [-0.05, 0) is 43.0 Å². The molecule has 4 rings (SSSR count). The van der Waals surface area contributed by atoms with Crippen LogP contribution in [-0.2, 0) is 22.6 Å². The van der Waals surface area contributed by atoms with Crippen molar-refractivity contribution in [3.63, 3.8) is 0 Å². The molecule has 1 fully saturated rings. The minimum Gasteiger partial charge on any atom is -0.366 e. The van der Waals surface area contributed by atoms with Crippen molar-refractivity contribution in [2.75, 3.05) is 18.0 Å². The molecule has 6 heteroatoms. The van der Waals surface area contributed by atoms with Crippen LogP contribution in [0, 0.1) is 12.8 Å². The first-order valence-corrected chi connectivity index (χ1v) is 10.0. The number of anilines is 1. The van der Waals surface area contributed by atoms with Gasteiger partial charge in [0.05, 0.1) is 5.92 Å². The van der Waals surface area contributed by atoms with Crippen LogP contribution in [-0.4, -0.2) is 35.7 Å². The fraction of sp³-hybridized carbons (Fsp3) is 0.348. The number of benzene rings is 2. The maximum atomic E-state index is 13.3. The van der Waals surface area contributed by atoms with Gasteiger partial charge in [0.2, 0.25) is 17.7 Å². The van der Waals surface area contributed by atoms with Gasteiger partial charge in [0.25, 0.3) is 0 Å². The Morgan fingerprint density at radius 3 is 2.62 bits per heavy atom. The molecule has 2 aliphatic rings. The molecule has 0 saturated carbocycles. The van der Waals surface area contributed by atoms with Crippen molar-refractivity contribution in [3.8, 4) is 0 Å². The average molecular weight is 391 g/mol. The Morgan fingerprint density at radius 1 is 1.14 bits per heavy atom. The third-order valence-electron chi connectivity index (χ3n) is 5.84.